The summed E-state index contributed by atoms with van der Waals surface area (Å²) in [6, 6.07) is 15.8. The molecule has 314 valence electrons. The molecule has 4 aromatic carbocycles. The van der Waals surface area contributed by atoms with E-state index in [9.17, 15) is 55.2 Å². The van der Waals surface area contributed by atoms with Crippen molar-refractivity contribution in [2.24, 2.45) is 0 Å². The molecule has 3 heterocycles. The molecule has 0 aliphatic carbocycles. The number of fused-ring (bicyclic) bond motifs is 2. The fourth-order valence-electron chi connectivity index (χ4n) is 7.08. The summed E-state index contributed by atoms with van der Waals surface area (Å²) in [6.07, 6.45) is -10.7. The number of methoxy groups -OCH3 is 3. The molecule has 0 radical (unpaired) electrons. The number of phenolic OH excluding ortho intramolecular Hbond substituents is 3. The van der Waals surface area contributed by atoms with E-state index in [2.05, 4.69) is 0 Å². The molecule has 0 amide bonds. The van der Waals surface area contributed by atoms with Crippen molar-refractivity contribution < 1.29 is 78.2 Å². The second-order valence-electron chi connectivity index (χ2n) is 13.8. The Hall–Kier alpha value is -6.67. The molecule has 2 aromatic heterocycles. The number of benzene rings is 4. The first-order chi connectivity index (χ1) is 28.6. The van der Waals surface area contributed by atoms with Crippen LogP contribution in [0.5, 0.6) is 34.5 Å². The summed E-state index contributed by atoms with van der Waals surface area (Å²) in [6.45, 7) is -1.01. The zero-order chi connectivity index (χ0) is 43.2. The van der Waals surface area contributed by atoms with Gasteiger partial charge in [-0.3, -0.25) is 9.59 Å². The van der Waals surface area contributed by atoms with Crippen molar-refractivity contribution in [2.75, 3.05) is 27.9 Å². The van der Waals surface area contributed by atoms with Crippen molar-refractivity contribution in [1.29, 1.82) is 0 Å². The second kappa shape index (κ2) is 16.2. The number of hydrogen-bond donors (Lipinski definition) is 8. The number of aliphatic hydroxyl groups is 5. The molecule has 1 aliphatic heterocycles. The van der Waals surface area contributed by atoms with Gasteiger partial charge in [0, 0.05) is 47.0 Å². The van der Waals surface area contributed by atoms with Crippen molar-refractivity contribution in [1.82, 2.24) is 0 Å². The zero-order valence-corrected chi connectivity index (χ0v) is 31.9. The van der Waals surface area contributed by atoms with Crippen LogP contribution in [0.4, 0.5) is 0 Å². The third kappa shape index (κ3) is 7.31. The fourth-order valence-corrected chi connectivity index (χ4v) is 7.08. The van der Waals surface area contributed by atoms with E-state index in [0.29, 0.717) is 5.56 Å². The number of aliphatic hydroxyl groups excluding tert-OH is 5. The molecule has 8 N–H and O–H groups in total. The number of aromatic hydroxyl groups is 3. The topological polar surface area (TPSA) is 285 Å². The highest BCUT2D eigenvalue weighted by atomic mass is 16.7. The molecular formula is C42H38O18. The van der Waals surface area contributed by atoms with Crippen LogP contribution in [0.25, 0.3) is 55.7 Å². The summed E-state index contributed by atoms with van der Waals surface area (Å²) >= 11 is 0. The average Bonchev–Trinajstić information content (AvgIpc) is 3.23. The largest absolute Gasteiger partial charge is 0.508 e. The van der Waals surface area contributed by atoms with E-state index in [1.165, 1.54) is 68.8 Å². The minimum absolute atomic E-state index is 0.0148. The lowest BCUT2D eigenvalue weighted by Gasteiger charge is -2.45. The number of phenols is 3. The Labute approximate surface area is 337 Å². The summed E-state index contributed by atoms with van der Waals surface area (Å²) in [7, 11) is 3.61. The maximum absolute atomic E-state index is 13.9. The smallest absolute Gasteiger partial charge is 0.379 e. The van der Waals surface area contributed by atoms with Gasteiger partial charge in [0.05, 0.1) is 46.0 Å². The Morgan fingerprint density at radius 1 is 0.800 bits per heavy atom. The second-order valence-corrected chi connectivity index (χ2v) is 13.8. The van der Waals surface area contributed by atoms with E-state index in [1.807, 2.05) is 0 Å². The van der Waals surface area contributed by atoms with Gasteiger partial charge in [-0.15, -0.1) is 0 Å². The van der Waals surface area contributed by atoms with E-state index < -0.39 is 83.0 Å². The first-order valence-corrected chi connectivity index (χ1v) is 18.1. The highest BCUT2D eigenvalue weighted by molar-refractivity contribution is 6.02. The van der Waals surface area contributed by atoms with Gasteiger partial charge in [0.1, 0.15) is 86.8 Å². The molecular weight excluding hydrogens is 792 g/mol. The highest BCUT2D eigenvalue weighted by Crippen LogP contribution is 2.49. The van der Waals surface area contributed by atoms with Crippen molar-refractivity contribution >= 4 is 27.9 Å². The van der Waals surface area contributed by atoms with Gasteiger partial charge in [0.2, 0.25) is 0 Å². The van der Waals surface area contributed by atoms with Crippen molar-refractivity contribution in [3.8, 4) is 68.3 Å². The predicted octanol–water partition coefficient (Wildman–Crippen LogP) is 2.51. The molecule has 1 saturated heterocycles. The molecule has 7 rings (SSSR count). The number of esters is 1. The minimum Gasteiger partial charge on any atom is -0.508 e. The van der Waals surface area contributed by atoms with Crippen LogP contribution in [0.2, 0.25) is 0 Å². The van der Waals surface area contributed by atoms with Gasteiger partial charge in [0.15, 0.2) is 16.4 Å². The summed E-state index contributed by atoms with van der Waals surface area (Å²) in [5.74, 6) is -5.67. The third-order valence-electron chi connectivity index (χ3n) is 10.1. The molecule has 0 unspecified atom stereocenters. The minimum atomic E-state index is -2.78. The Kier molecular flexibility index (Phi) is 11.2. The normalized spacial score (nSPS) is 20.1. The SMILES string of the molecule is COC(=O)[C@@]1(Oc2cc(O)c3c(=O)cc(-c4ccc(O)cc4)oc3c2-c2cc(-c3cc(=O)c4c(O)cc(OC)cc4o3)ccc2OC)C[C@H](O)[C@@H](O)[C@H]([C@H](O)[C@H](O)CO)O1. The summed E-state index contributed by atoms with van der Waals surface area (Å²) in [4.78, 5) is 41.0. The quantitative estimate of drug-likeness (QED) is 0.0871. The molecule has 0 saturated carbocycles. The molecule has 0 spiro atoms. The van der Waals surface area contributed by atoms with Crippen LogP contribution in [0.1, 0.15) is 6.42 Å². The van der Waals surface area contributed by atoms with Gasteiger partial charge < -0.3 is 73.4 Å². The van der Waals surface area contributed by atoms with Gasteiger partial charge in [-0.05, 0) is 42.5 Å². The number of rotatable bonds is 11. The number of hydrogen-bond acceptors (Lipinski definition) is 18. The monoisotopic (exact) mass is 830 g/mol. The standard InChI is InChI=1S/C42H38O18/c1-54-21-11-23(45)35-24(46)13-31(57-32(35)12-21)19-6-9-29(55-2)22(10-19)34-33(15-26(48)36-25(47)14-30(58-39(34)36)18-4-7-20(44)8-5-18)59-42(41(53)56-3)16-27(49)37(51)40(60-42)38(52)28(50)17-43/h4-15,27-28,37-38,40,43-45,48-52H,16-17H2,1-3H3/t27-,28+,37+,38+,40+,42+/m0/s1. The predicted molar refractivity (Wildman–Crippen MR) is 209 cm³/mol. The van der Waals surface area contributed by atoms with Gasteiger partial charge in [0.25, 0.3) is 0 Å². The molecule has 18 nitrogen and oxygen atoms in total. The van der Waals surface area contributed by atoms with Gasteiger partial charge >= 0.3 is 11.8 Å². The lowest BCUT2D eigenvalue weighted by atomic mass is 9.90. The molecule has 0 bridgehead atoms. The lowest BCUT2D eigenvalue weighted by Crippen LogP contribution is -2.65. The summed E-state index contributed by atoms with van der Waals surface area (Å²) in [5, 5.41) is 84.0. The van der Waals surface area contributed by atoms with Crippen LogP contribution in [0.15, 0.2) is 91.2 Å². The van der Waals surface area contributed by atoms with Gasteiger partial charge in [-0.1, -0.05) is 0 Å². The molecule has 6 aromatic rings. The third-order valence-corrected chi connectivity index (χ3v) is 10.1. The van der Waals surface area contributed by atoms with Crippen LogP contribution in [-0.2, 0) is 14.3 Å². The Morgan fingerprint density at radius 3 is 2.10 bits per heavy atom. The number of carbonyl (C=O) groups excluding carboxylic acids is 1. The van der Waals surface area contributed by atoms with E-state index in [-0.39, 0.29) is 67.8 Å². The van der Waals surface area contributed by atoms with E-state index in [4.69, 9.17) is 32.5 Å². The van der Waals surface area contributed by atoms with E-state index >= 15 is 0 Å². The first-order valence-electron chi connectivity index (χ1n) is 18.1. The molecule has 60 heavy (non-hydrogen) atoms. The van der Waals surface area contributed by atoms with E-state index in [1.54, 1.807) is 0 Å². The van der Waals surface area contributed by atoms with E-state index in [0.717, 1.165) is 25.3 Å². The summed E-state index contributed by atoms with van der Waals surface area (Å²) in [5.41, 5.74) is -1.46. The molecule has 1 fully saturated rings. The number of ether oxygens (including phenoxy) is 5. The molecule has 1 aliphatic rings. The lowest BCUT2D eigenvalue weighted by molar-refractivity contribution is -0.304. The van der Waals surface area contributed by atoms with Crippen molar-refractivity contribution in [2.45, 2.75) is 42.7 Å². The Balaban J connectivity index is 1.53. The first kappa shape index (κ1) is 41.5. The molecule has 6 atom stereocenters. The average molecular weight is 831 g/mol. The Morgan fingerprint density at radius 2 is 1.45 bits per heavy atom. The van der Waals surface area contributed by atoms with Gasteiger partial charge in [-0.25, -0.2) is 4.79 Å². The summed E-state index contributed by atoms with van der Waals surface area (Å²) < 4.78 is 40.6. The number of carbonyl (C=O) groups is 1. The highest BCUT2D eigenvalue weighted by Gasteiger charge is 2.57. The zero-order valence-electron chi connectivity index (χ0n) is 31.9. The van der Waals surface area contributed by atoms with Crippen molar-refractivity contribution in [3.63, 3.8) is 0 Å². The van der Waals surface area contributed by atoms with Crippen LogP contribution in [-0.4, -0.2) is 111 Å². The van der Waals surface area contributed by atoms with Crippen molar-refractivity contribution in [3.05, 3.63) is 93.2 Å². The van der Waals surface area contributed by atoms with Crippen LogP contribution in [0, 0.1) is 0 Å². The van der Waals surface area contributed by atoms with Crippen LogP contribution >= 0.6 is 0 Å². The fraction of sp³-hybridized carbons (Fsp3) is 0.262. The maximum atomic E-state index is 13.9. The Bertz CT molecular complexity index is 2720. The van der Waals surface area contributed by atoms with Crippen LogP contribution < -0.4 is 25.1 Å². The maximum Gasteiger partial charge on any atom is 0.379 e. The molecule has 18 heteroatoms. The van der Waals surface area contributed by atoms with Gasteiger partial charge in [-0.2, -0.15) is 0 Å². The van der Waals surface area contributed by atoms with Crippen LogP contribution in [0.3, 0.4) is 0 Å².